The Morgan fingerprint density at radius 1 is 0.923 bits per heavy atom. The third kappa shape index (κ3) is 4.79. The van der Waals surface area contributed by atoms with Crippen LogP contribution in [0.4, 0.5) is 5.69 Å². The molecule has 1 atom stereocenters. The molecule has 2 heterocycles. The summed E-state index contributed by atoms with van der Waals surface area (Å²) in [5.41, 5.74) is 1.94. The predicted molar refractivity (Wildman–Crippen MR) is 147 cm³/mol. The molecule has 1 aromatic heterocycles. The van der Waals surface area contributed by atoms with Crippen molar-refractivity contribution in [3.63, 3.8) is 0 Å². The molecule has 3 aromatic carbocycles. The Morgan fingerprint density at radius 2 is 1.67 bits per heavy atom. The summed E-state index contributed by atoms with van der Waals surface area (Å²) in [7, 11) is 4.76. The number of nitrogens with zero attached hydrogens (tertiary/aromatic N) is 3. The predicted octanol–water partition coefficient (Wildman–Crippen LogP) is 4.31. The number of fused-ring (bicyclic) bond motifs is 1. The second kappa shape index (κ2) is 10.5. The minimum atomic E-state index is -1.29. The second-order valence-electron chi connectivity index (χ2n) is 9.41. The Labute approximate surface area is 226 Å². The Morgan fingerprint density at radius 3 is 2.38 bits per heavy atom. The fraction of sp³-hybridized carbons (Fsp3) is 0.233. The van der Waals surface area contributed by atoms with Crippen molar-refractivity contribution in [2.24, 2.45) is 0 Å². The Hall–Kier alpha value is -4.79. The molecule has 0 spiro atoms. The number of methoxy groups -OCH3 is 3. The van der Waals surface area contributed by atoms with Gasteiger partial charge in [0.25, 0.3) is 5.91 Å². The van der Waals surface area contributed by atoms with Crippen LogP contribution in [0.5, 0.6) is 17.2 Å². The highest BCUT2D eigenvalue weighted by atomic mass is 16.5. The van der Waals surface area contributed by atoms with Crippen molar-refractivity contribution in [1.82, 2.24) is 15.1 Å². The van der Waals surface area contributed by atoms with E-state index in [1.807, 2.05) is 48.5 Å². The van der Waals surface area contributed by atoms with Gasteiger partial charge in [0.15, 0.2) is 0 Å². The van der Waals surface area contributed by atoms with E-state index in [1.165, 1.54) is 4.90 Å². The minimum absolute atomic E-state index is 0.152. The zero-order valence-electron chi connectivity index (χ0n) is 22.3. The van der Waals surface area contributed by atoms with Gasteiger partial charge in [0, 0.05) is 29.4 Å². The van der Waals surface area contributed by atoms with Gasteiger partial charge >= 0.3 is 0 Å². The SMILES string of the molecule is COc1ccc(-c2cc3n(n2)C[C@@](C)(C(=O)NCc2ccccc2OC)N(c2cccc(OC)c2)C3=O)cc1. The van der Waals surface area contributed by atoms with Gasteiger partial charge in [-0.2, -0.15) is 5.10 Å². The number of nitrogens with one attached hydrogen (secondary N) is 1. The van der Waals surface area contributed by atoms with Crippen LogP contribution in [-0.4, -0.2) is 48.5 Å². The van der Waals surface area contributed by atoms with Crippen molar-refractivity contribution in [2.75, 3.05) is 26.2 Å². The lowest BCUT2D eigenvalue weighted by Crippen LogP contribution is -2.64. The summed E-state index contributed by atoms with van der Waals surface area (Å²) in [6, 6.07) is 23.8. The summed E-state index contributed by atoms with van der Waals surface area (Å²) in [6.45, 7) is 2.14. The molecule has 0 saturated heterocycles. The van der Waals surface area contributed by atoms with Crippen molar-refractivity contribution in [3.05, 3.63) is 90.1 Å². The van der Waals surface area contributed by atoms with Crippen LogP contribution in [0.25, 0.3) is 11.3 Å². The molecular weight excluding hydrogens is 496 g/mol. The first-order chi connectivity index (χ1) is 18.9. The van der Waals surface area contributed by atoms with Gasteiger partial charge in [-0.05, 0) is 55.5 Å². The number of amides is 2. The maximum Gasteiger partial charge on any atom is 0.277 e. The molecule has 0 fully saturated rings. The normalized spacial score (nSPS) is 16.4. The smallest absolute Gasteiger partial charge is 0.277 e. The van der Waals surface area contributed by atoms with Gasteiger partial charge in [-0.1, -0.05) is 24.3 Å². The number of benzene rings is 3. The van der Waals surface area contributed by atoms with E-state index >= 15 is 0 Å². The maximum atomic E-state index is 14.1. The lowest BCUT2D eigenvalue weighted by atomic mass is 9.93. The molecule has 39 heavy (non-hydrogen) atoms. The molecule has 4 aromatic rings. The first-order valence-corrected chi connectivity index (χ1v) is 12.5. The van der Waals surface area contributed by atoms with Crippen molar-refractivity contribution >= 4 is 17.5 Å². The summed E-state index contributed by atoms with van der Waals surface area (Å²) in [5.74, 6) is 1.32. The van der Waals surface area contributed by atoms with Crippen molar-refractivity contribution in [1.29, 1.82) is 0 Å². The summed E-state index contributed by atoms with van der Waals surface area (Å²) >= 11 is 0. The van der Waals surface area contributed by atoms with E-state index in [9.17, 15) is 9.59 Å². The average Bonchev–Trinajstić information content (AvgIpc) is 3.40. The Bertz CT molecular complexity index is 1510. The van der Waals surface area contributed by atoms with Gasteiger partial charge in [0.1, 0.15) is 28.5 Å². The van der Waals surface area contributed by atoms with E-state index in [4.69, 9.17) is 19.3 Å². The van der Waals surface area contributed by atoms with Crippen molar-refractivity contribution in [3.8, 4) is 28.5 Å². The first-order valence-electron chi connectivity index (χ1n) is 12.5. The summed E-state index contributed by atoms with van der Waals surface area (Å²) in [5, 5.41) is 7.73. The number of hydrogen-bond acceptors (Lipinski definition) is 6. The molecule has 2 amide bonds. The minimum Gasteiger partial charge on any atom is -0.497 e. The lowest BCUT2D eigenvalue weighted by Gasteiger charge is -2.43. The zero-order chi connectivity index (χ0) is 27.6. The molecular formula is C30H30N4O5. The zero-order valence-corrected chi connectivity index (χ0v) is 22.3. The van der Waals surface area contributed by atoms with Gasteiger partial charge in [-0.3, -0.25) is 19.2 Å². The molecule has 1 N–H and O–H groups in total. The number of hydrogen-bond donors (Lipinski definition) is 1. The maximum absolute atomic E-state index is 14.1. The van der Waals surface area contributed by atoms with E-state index < -0.39 is 5.54 Å². The molecule has 5 rings (SSSR count). The fourth-order valence-corrected chi connectivity index (χ4v) is 4.85. The molecule has 0 aliphatic carbocycles. The molecule has 9 heteroatoms. The molecule has 200 valence electrons. The van der Waals surface area contributed by atoms with E-state index in [0.29, 0.717) is 28.6 Å². The number of carbonyl (C=O) groups excluding carboxylic acids is 2. The van der Waals surface area contributed by atoms with Crippen molar-refractivity contribution in [2.45, 2.75) is 25.6 Å². The molecule has 0 radical (unpaired) electrons. The highest BCUT2D eigenvalue weighted by Gasteiger charge is 2.49. The van der Waals surface area contributed by atoms with Gasteiger partial charge in [-0.15, -0.1) is 0 Å². The van der Waals surface area contributed by atoms with Crippen LogP contribution in [-0.2, 0) is 17.9 Å². The largest absolute Gasteiger partial charge is 0.497 e. The Balaban J connectivity index is 1.54. The number of ether oxygens (including phenoxy) is 3. The van der Waals surface area contributed by atoms with Crippen LogP contribution in [0.2, 0.25) is 0 Å². The molecule has 0 bridgehead atoms. The van der Waals surface area contributed by atoms with Crippen LogP contribution in [0, 0.1) is 0 Å². The summed E-state index contributed by atoms with van der Waals surface area (Å²) in [4.78, 5) is 29.5. The van der Waals surface area contributed by atoms with Gasteiger partial charge in [0.2, 0.25) is 5.91 Å². The van der Waals surface area contributed by atoms with E-state index in [-0.39, 0.29) is 24.9 Å². The van der Waals surface area contributed by atoms with Crippen LogP contribution in [0.15, 0.2) is 78.9 Å². The van der Waals surface area contributed by atoms with Crippen molar-refractivity contribution < 1.29 is 23.8 Å². The van der Waals surface area contributed by atoms with Crippen LogP contribution < -0.4 is 24.4 Å². The van der Waals surface area contributed by atoms with Gasteiger partial charge < -0.3 is 19.5 Å². The highest BCUT2D eigenvalue weighted by Crippen LogP contribution is 2.36. The van der Waals surface area contributed by atoms with Crippen LogP contribution in [0.3, 0.4) is 0 Å². The van der Waals surface area contributed by atoms with Gasteiger partial charge in [-0.25, -0.2) is 0 Å². The number of aromatic nitrogens is 2. The highest BCUT2D eigenvalue weighted by molar-refractivity contribution is 6.12. The summed E-state index contributed by atoms with van der Waals surface area (Å²) in [6.07, 6.45) is 0. The van der Waals surface area contributed by atoms with E-state index in [2.05, 4.69) is 5.32 Å². The molecule has 0 unspecified atom stereocenters. The standard InChI is InChI=1S/C30H30N4O5/c1-30(29(36)31-18-21-8-5-6-11-27(21)39-4)19-33-26(17-25(32-33)20-12-14-23(37-2)15-13-20)28(35)34(30)22-9-7-10-24(16-22)38-3/h5-17H,18-19H2,1-4H3,(H,31,36)/t30-/m0/s1. The third-order valence-electron chi connectivity index (χ3n) is 6.97. The average molecular weight is 527 g/mol. The topological polar surface area (TPSA) is 94.9 Å². The quantitative estimate of drug-likeness (QED) is 0.368. The van der Waals surface area contributed by atoms with Crippen LogP contribution in [0.1, 0.15) is 23.0 Å². The number of anilines is 1. The third-order valence-corrected chi connectivity index (χ3v) is 6.97. The second-order valence-corrected chi connectivity index (χ2v) is 9.41. The first kappa shape index (κ1) is 25.8. The molecule has 1 aliphatic heterocycles. The monoisotopic (exact) mass is 526 g/mol. The van der Waals surface area contributed by atoms with Crippen LogP contribution >= 0.6 is 0 Å². The number of rotatable bonds is 8. The number of para-hydroxylation sites is 1. The van der Waals surface area contributed by atoms with Gasteiger partial charge in [0.05, 0.1) is 33.6 Å². The molecule has 1 aliphatic rings. The van der Waals surface area contributed by atoms with E-state index in [1.54, 1.807) is 63.3 Å². The number of carbonyl (C=O) groups is 2. The molecule has 0 saturated carbocycles. The lowest BCUT2D eigenvalue weighted by molar-refractivity contribution is -0.126. The summed E-state index contributed by atoms with van der Waals surface area (Å²) < 4.78 is 17.7. The Kier molecular flexibility index (Phi) is 6.98. The fourth-order valence-electron chi connectivity index (χ4n) is 4.85. The van der Waals surface area contributed by atoms with E-state index in [0.717, 1.165) is 16.9 Å². The molecule has 9 nitrogen and oxygen atoms in total.